The van der Waals surface area contributed by atoms with Gasteiger partial charge in [-0.1, -0.05) is 6.07 Å². The summed E-state index contributed by atoms with van der Waals surface area (Å²) in [7, 11) is 1.77. The minimum absolute atomic E-state index is 0.308. The first-order chi connectivity index (χ1) is 9.28. The largest absolute Gasteiger partial charge is 0.491 e. The molecule has 19 heavy (non-hydrogen) atoms. The molecule has 2 rings (SSSR count). The van der Waals surface area contributed by atoms with Crippen LogP contribution in [-0.2, 0) is 9.47 Å². The standard InChI is InChI=1S/C15H23NO3/c1-17-13-5-3-7-15(11-13)19-9-8-18-14-6-2-4-12(16)10-14/h2,4,6,10,13,15H,3,5,7-9,11,16H2,1H3. The molecule has 0 aliphatic heterocycles. The third kappa shape index (κ3) is 4.73. The number of methoxy groups -OCH3 is 1. The van der Waals surface area contributed by atoms with Gasteiger partial charge in [0, 0.05) is 18.9 Å². The van der Waals surface area contributed by atoms with E-state index in [0.29, 0.717) is 31.1 Å². The summed E-state index contributed by atoms with van der Waals surface area (Å²) in [6.07, 6.45) is 5.11. The van der Waals surface area contributed by atoms with Crippen LogP contribution in [-0.4, -0.2) is 32.5 Å². The summed E-state index contributed by atoms with van der Waals surface area (Å²) < 4.78 is 16.8. The third-order valence-corrected chi connectivity index (χ3v) is 3.48. The minimum atomic E-state index is 0.308. The van der Waals surface area contributed by atoms with Gasteiger partial charge >= 0.3 is 0 Å². The van der Waals surface area contributed by atoms with Gasteiger partial charge in [0.15, 0.2) is 0 Å². The lowest BCUT2D eigenvalue weighted by molar-refractivity contribution is -0.0362. The van der Waals surface area contributed by atoms with Crippen molar-refractivity contribution >= 4 is 5.69 Å². The predicted molar refractivity (Wildman–Crippen MR) is 75.4 cm³/mol. The van der Waals surface area contributed by atoms with Crippen LogP contribution in [0.5, 0.6) is 5.75 Å². The maximum absolute atomic E-state index is 5.83. The molecule has 0 heterocycles. The zero-order valence-corrected chi connectivity index (χ0v) is 11.5. The Morgan fingerprint density at radius 3 is 2.84 bits per heavy atom. The maximum Gasteiger partial charge on any atom is 0.121 e. The smallest absolute Gasteiger partial charge is 0.121 e. The van der Waals surface area contributed by atoms with Gasteiger partial charge < -0.3 is 19.9 Å². The van der Waals surface area contributed by atoms with E-state index in [1.54, 1.807) is 7.11 Å². The molecule has 1 aliphatic rings. The fraction of sp³-hybridized carbons (Fsp3) is 0.600. The molecule has 4 nitrogen and oxygen atoms in total. The number of hydrogen-bond acceptors (Lipinski definition) is 4. The first-order valence-electron chi connectivity index (χ1n) is 6.90. The molecule has 0 radical (unpaired) electrons. The van der Waals surface area contributed by atoms with E-state index in [2.05, 4.69) is 0 Å². The van der Waals surface area contributed by atoms with Gasteiger partial charge in [0.05, 0.1) is 18.8 Å². The molecule has 4 heteroatoms. The highest BCUT2D eigenvalue weighted by atomic mass is 16.5. The number of anilines is 1. The van der Waals surface area contributed by atoms with Gasteiger partial charge in [-0.05, 0) is 37.8 Å². The molecule has 2 atom stereocenters. The van der Waals surface area contributed by atoms with E-state index in [1.807, 2.05) is 24.3 Å². The minimum Gasteiger partial charge on any atom is -0.491 e. The number of benzene rings is 1. The van der Waals surface area contributed by atoms with Crippen LogP contribution in [0.1, 0.15) is 25.7 Å². The highest BCUT2D eigenvalue weighted by molar-refractivity contribution is 5.43. The van der Waals surface area contributed by atoms with Crippen molar-refractivity contribution < 1.29 is 14.2 Å². The highest BCUT2D eigenvalue weighted by Gasteiger charge is 2.21. The number of rotatable bonds is 6. The van der Waals surface area contributed by atoms with Crippen LogP contribution in [0.25, 0.3) is 0 Å². The van der Waals surface area contributed by atoms with E-state index >= 15 is 0 Å². The molecule has 1 fully saturated rings. The lowest BCUT2D eigenvalue weighted by Crippen LogP contribution is -2.28. The molecular formula is C15H23NO3. The van der Waals surface area contributed by atoms with Crippen molar-refractivity contribution in [3.05, 3.63) is 24.3 Å². The molecule has 1 aromatic rings. The van der Waals surface area contributed by atoms with Crippen molar-refractivity contribution in [1.82, 2.24) is 0 Å². The van der Waals surface area contributed by atoms with Gasteiger partial charge in [0.1, 0.15) is 12.4 Å². The molecule has 1 aliphatic carbocycles. The van der Waals surface area contributed by atoms with E-state index < -0.39 is 0 Å². The molecule has 0 saturated heterocycles. The predicted octanol–water partition coefficient (Wildman–Crippen LogP) is 2.62. The normalized spacial score (nSPS) is 23.2. The Labute approximate surface area is 114 Å². The Balaban J connectivity index is 1.64. The van der Waals surface area contributed by atoms with Crippen molar-refractivity contribution in [2.75, 3.05) is 26.1 Å². The van der Waals surface area contributed by atoms with Gasteiger partial charge in [-0.15, -0.1) is 0 Å². The molecule has 0 spiro atoms. The summed E-state index contributed by atoms with van der Waals surface area (Å²) >= 11 is 0. The molecule has 2 N–H and O–H groups in total. The highest BCUT2D eigenvalue weighted by Crippen LogP contribution is 2.23. The average molecular weight is 265 g/mol. The van der Waals surface area contributed by atoms with Crippen LogP contribution < -0.4 is 10.5 Å². The fourth-order valence-electron chi connectivity index (χ4n) is 2.45. The quantitative estimate of drug-likeness (QED) is 0.634. The van der Waals surface area contributed by atoms with E-state index in [9.17, 15) is 0 Å². The molecule has 1 saturated carbocycles. The van der Waals surface area contributed by atoms with Crippen molar-refractivity contribution in [2.45, 2.75) is 37.9 Å². The van der Waals surface area contributed by atoms with Crippen LogP contribution in [0.4, 0.5) is 5.69 Å². The molecule has 0 aromatic heterocycles. The molecule has 0 amide bonds. The van der Waals surface area contributed by atoms with E-state index in [-0.39, 0.29) is 0 Å². The van der Waals surface area contributed by atoms with Crippen molar-refractivity contribution in [1.29, 1.82) is 0 Å². The zero-order chi connectivity index (χ0) is 13.5. The lowest BCUT2D eigenvalue weighted by atomic mass is 9.95. The van der Waals surface area contributed by atoms with Crippen molar-refractivity contribution in [3.8, 4) is 5.75 Å². The summed E-state index contributed by atoms with van der Waals surface area (Å²) in [6.45, 7) is 1.16. The fourth-order valence-corrected chi connectivity index (χ4v) is 2.45. The second kappa shape index (κ2) is 7.36. The summed E-state index contributed by atoms with van der Waals surface area (Å²) in [6, 6.07) is 7.45. The molecule has 0 bridgehead atoms. The average Bonchev–Trinajstić information content (AvgIpc) is 2.44. The topological polar surface area (TPSA) is 53.7 Å². The number of ether oxygens (including phenoxy) is 3. The van der Waals surface area contributed by atoms with Crippen LogP contribution in [0, 0.1) is 0 Å². The SMILES string of the molecule is COC1CCCC(OCCOc2cccc(N)c2)C1. The van der Waals surface area contributed by atoms with Crippen LogP contribution in [0.15, 0.2) is 24.3 Å². The summed E-state index contributed by atoms with van der Waals surface area (Å²) in [4.78, 5) is 0. The molecule has 106 valence electrons. The van der Waals surface area contributed by atoms with Crippen LogP contribution in [0.2, 0.25) is 0 Å². The van der Waals surface area contributed by atoms with Crippen molar-refractivity contribution in [2.24, 2.45) is 0 Å². The Kier molecular flexibility index (Phi) is 5.48. The summed E-state index contributed by atoms with van der Waals surface area (Å²) in [5, 5.41) is 0. The molecular weight excluding hydrogens is 242 g/mol. The Morgan fingerprint density at radius 2 is 2.05 bits per heavy atom. The van der Waals surface area contributed by atoms with Crippen LogP contribution >= 0.6 is 0 Å². The van der Waals surface area contributed by atoms with Gasteiger partial charge in [-0.2, -0.15) is 0 Å². The number of hydrogen-bond donors (Lipinski definition) is 1. The van der Waals surface area contributed by atoms with Gasteiger partial charge in [0.2, 0.25) is 0 Å². The Morgan fingerprint density at radius 1 is 1.21 bits per heavy atom. The molecule has 1 aromatic carbocycles. The Bertz CT molecular complexity index is 383. The lowest BCUT2D eigenvalue weighted by Gasteiger charge is -2.28. The van der Waals surface area contributed by atoms with Gasteiger partial charge in [-0.3, -0.25) is 0 Å². The summed E-state index contributed by atoms with van der Waals surface area (Å²) in [5.74, 6) is 0.794. The van der Waals surface area contributed by atoms with E-state index in [1.165, 1.54) is 6.42 Å². The van der Waals surface area contributed by atoms with Gasteiger partial charge in [0.25, 0.3) is 0 Å². The van der Waals surface area contributed by atoms with E-state index in [4.69, 9.17) is 19.9 Å². The first-order valence-corrected chi connectivity index (χ1v) is 6.90. The van der Waals surface area contributed by atoms with E-state index in [0.717, 1.165) is 25.0 Å². The second-order valence-electron chi connectivity index (χ2n) is 4.94. The number of nitrogen functional groups attached to an aromatic ring is 1. The number of nitrogens with two attached hydrogens (primary N) is 1. The van der Waals surface area contributed by atoms with Crippen molar-refractivity contribution in [3.63, 3.8) is 0 Å². The monoisotopic (exact) mass is 265 g/mol. The summed E-state index contributed by atoms with van der Waals surface area (Å²) in [5.41, 5.74) is 6.40. The van der Waals surface area contributed by atoms with Crippen LogP contribution in [0.3, 0.4) is 0 Å². The second-order valence-corrected chi connectivity index (χ2v) is 4.94. The third-order valence-electron chi connectivity index (χ3n) is 3.48. The zero-order valence-electron chi connectivity index (χ0n) is 11.5. The first kappa shape index (κ1) is 14.2. The Hall–Kier alpha value is -1.26. The maximum atomic E-state index is 5.83. The van der Waals surface area contributed by atoms with Gasteiger partial charge in [-0.25, -0.2) is 0 Å². The molecule has 2 unspecified atom stereocenters.